The van der Waals surface area contributed by atoms with E-state index in [-0.39, 0.29) is 12.3 Å². The average Bonchev–Trinajstić information content (AvgIpc) is 2.54. The number of fused-ring (bicyclic) bond motifs is 2. The molecule has 1 N–H and O–H groups in total. The molecule has 0 radical (unpaired) electrons. The number of ether oxygens (including phenoxy) is 2. The van der Waals surface area contributed by atoms with Crippen LogP contribution in [-0.2, 0) is 23.9 Å². The monoisotopic (exact) mass is 337 g/mol. The highest BCUT2D eigenvalue weighted by atomic mass is 16.5. The van der Waals surface area contributed by atoms with Crippen LogP contribution in [0.1, 0.15) is 20.3 Å². The van der Waals surface area contributed by atoms with Crippen LogP contribution in [0.25, 0.3) is 0 Å². The molecule has 0 aromatic rings. The van der Waals surface area contributed by atoms with E-state index in [0.717, 1.165) is 0 Å². The smallest absolute Gasteiger partial charge is 0.335 e. The molecule has 0 amide bonds. The lowest BCUT2D eigenvalue weighted by Gasteiger charge is -2.46. The van der Waals surface area contributed by atoms with Crippen LogP contribution in [0.3, 0.4) is 0 Å². The highest BCUT2D eigenvalue weighted by Crippen LogP contribution is 2.43. The first-order chi connectivity index (χ1) is 11.3. The van der Waals surface area contributed by atoms with E-state index in [1.54, 1.807) is 17.2 Å². The zero-order valence-corrected chi connectivity index (χ0v) is 14.3. The van der Waals surface area contributed by atoms with Gasteiger partial charge in [0.1, 0.15) is 0 Å². The molecule has 132 valence electrons. The zero-order chi connectivity index (χ0) is 18.0. The SMILES string of the molecule is COC(=O)C1=CN(CC(C)C)C2C(C(=O)OC)=CCC1C2C(=O)O. The van der Waals surface area contributed by atoms with Gasteiger partial charge in [0.05, 0.1) is 37.3 Å². The molecule has 0 spiro atoms. The molecular weight excluding hydrogens is 314 g/mol. The molecule has 1 aliphatic carbocycles. The molecule has 2 aliphatic rings. The lowest BCUT2D eigenvalue weighted by molar-refractivity contribution is -0.148. The highest BCUT2D eigenvalue weighted by molar-refractivity contribution is 5.95. The van der Waals surface area contributed by atoms with Gasteiger partial charge >= 0.3 is 17.9 Å². The fourth-order valence-electron chi connectivity index (χ4n) is 3.53. The molecular formula is C17H23NO6. The molecule has 3 unspecified atom stereocenters. The summed E-state index contributed by atoms with van der Waals surface area (Å²) in [6.07, 6.45) is 3.62. The van der Waals surface area contributed by atoms with Crippen molar-refractivity contribution in [3.8, 4) is 0 Å². The molecule has 1 heterocycles. The van der Waals surface area contributed by atoms with E-state index >= 15 is 0 Å². The standard InChI is InChI=1S/C17H23NO6/c1-9(2)7-18-8-12(17(22)24-4)10-5-6-11(16(21)23-3)14(18)13(10)15(19)20/h6,8-10,13-14H,5,7H2,1-4H3,(H,19,20). The maximum Gasteiger partial charge on any atom is 0.335 e. The fraction of sp³-hybridized carbons (Fsp3) is 0.588. The number of rotatable bonds is 5. The van der Waals surface area contributed by atoms with Gasteiger partial charge in [0.25, 0.3) is 0 Å². The minimum atomic E-state index is -1.04. The van der Waals surface area contributed by atoms with Crippen LogP contribution < -0.4 is 0 Å². The maximum absolute atomic E-state index is 12.1. The Balaban J connectivity index is 2.55. The van der Waals surface area contributed by atoms with Crippen molar-refractivity contribution in [3.63, 3.8) is 0 Å². The Kier molecular flexibility index (Phi) is 5.31. The number of carbonyl (C=O) groups is 3. The van der Waals surface area contributed by atoms with Gasteiger partial charge in [0.2, 0.25) is 0 Å². The van der Waals surface area contributed by atoms with Gasteiger partial charge in [0, 0.05) is 18.7 Å². The largest absolute Gasteiger partial charge is 0.481 e. The molecule has 2 rings (SSSR count). The molecule has 7 heteroatoms. The van der Waals surface area contributed by atoms with Gasteiger partial charge in [-0.1, -0.05) is 19.9 Å². The number of aliphatic carboxylic acids is 1. The summed E-state index contributed by atoms with van der Waals surface area (Å²) >= 11 is 0. The second kappa shape index (κ2) is 7.07. The Morgan fingerprint density at radius 3 is 2.29 bits per heavy atom. The molecule has 0 saturated carbocycles. The van der Waals surface area contributed by atoms with Gasteiger partial charge in [-0.3, -0.25) is 4.79 Å². The third-order valence-corrected chi connectivity index (χ3v) is 4.45. The van der Waals surface area contributed by atoms with Crippen molar-refractivity contribution >= 4 is 17.9 Å². The first-order valence-electron chi connectivity index (χ1n) is 7.88. The van der Waals surface area contributed by atoms with Crippen molar-refractivity contribution in [1.82, 2.24) is 4.90 Å². The van der Waals surface area contributed by atoms with E-state index in [0.29, 0.717) is 17.7 Å². The van der Waals surface area contributed by atoms with Crippen LogP contribution in [0, 0.1) is 17.8 Å². The summed E-state index contributed by atoms with van der Waals surface area (Å²) in [6, 6.07) is -0.649. The number of hydrogen-bond donors (Lipinski definition) is 1. The fourth-order valence-corrected chi connectivity index (χ4v) is 3.53. The molecule has 0 fully saturated rings. The van der Waals surface area contributed by atoms with Crippen LogP contribution in [0.5, 0.6) is 0 Å². The second-order valence-corrected chi connectivity index (χ2v) is 6.47. The Bertz CT molecular complexity index is 606. The van der Waals surface area contributed by atoms with Gasteiger partial charge in [-0.15, -0.1) is 0 Å². The van der Waals surface area contributed by atoms with Crippen molar-refractivity contribution in [3.05, 3.63) is 23.4 Å². The Morgan fingerprint density at radius 2 is 1.79 bits per heavy atom. The number of carboxylic acids is 1. The average molecular weight is 337 g/mol. The van der Waals surface area contributed by atoms with E-state index < -0.39 is 35.8 Å². The zero-order valence-electron chi connectivity index (χ0n) is 14.3. The van der Waals surface area contributed by atoms with E-state index in [1.807, 2.05) is 13.8 Å². The molecule has 0 aromatic heterocycles. The number of esters is 2. The summed E-state index contributed by atoms with van der Waals surface area (Å²) in [5.41, 5.74) is 0.670. The Hall–Kier alpha value is -2.31. The van der Waals surface area contributed by atoms with Crippen LogP contribution in [0.15, 0.2) is 23.4 Å². The first-order valence-corrected chi connectivity index (χ1v) is 7.88. The molecule has 24 heavy (non-hydrogen) atoms. The molecule has 0 aromatic carbocycles. The predicted octanol–water partition coefficient (Wildman–Crippen LogP) is 1.20. The van der Waals surface area contributed by atoms with Crippen molar-refractivity contribution in [2.45, 2.75) is 26.3 Å². The Labute approximate surface area is 140 Å². The van der Waals surface area contributed by atoms with Crippen LogP contribution >= 0.6 is 0 Å². The number of methoxy groups -OCH3 is 2. The van der Waals surface area contributed by atoms with Crippen LogP contribution in [0.2, 0.25) is 0 Å². The number of nitrogens with zero attached hydrogens (tertiary/aromatic N) is 1. The van der Waals surface area contributed by atoms with Gasteiger partial charge in [-0.25, -0.2) is 9.59 Å². The summed E-state index contributed by atoms with van der Waals surface area (Å²) in [4.78, 5) is 37.9. The molecule has 3 atom stereocenters. The minimum Gasteiger partial charge on any atom is -0.481 e. The summed E-state index contributed by atoms with van der Waals surface area (Å²) in [5, 5.41) is 9.76. The lowest BCUT2D eigenvalue weighted by atomic mass is 9.69. The molecule has 0 saturated heterocycles. The first kappa shape index (κ1) is 18.0. The quantitative estimate of drug-likeness (QED) is 0.754. The van der Waals surface area contributed by atoms with E-state index in [1.165, 1.54) is 14.2 Å². The van der Waals surface area contributed by atoms with Crippen LogP contribution in [-0.4, -0.2) is 54.7 Å². The van der Waals surface area contributed by atoms with Gasteiger partial charge in [-0.05, 0) is 12.3 Å². The van der Waals surface area contributed by atoms with Crippen LogP contribution in [0.4, 0.5) is 0 Å². The number of carboxylic acid groups (broad SMARTS) is 1. The third-order valence-electron chi connectivity index (χ3n) is 4.45. The number of carbonyl (C=O) groups excluding carboxylic acids is 2. The maximum atomic E-state index is 12.1. The second-order valence-electron chi connectivity index (χ2n) is 6.47. The van der Waals surface area contributed by atoms with E-state index in [4.69, 9.17) is 9.47 Å². The van der Waals surface area contributed by atoms with Crippen molar-refractivity contribution in [2.75, 3.05) is 20.8 Å². The van der Waals surface area contributed by atoms with Crippen molar-refractivity contribution in [1.29, 1.82) is 0 Å². The number of hydrogen-bond acceptors (Lipinski definition) is 6. The highest BCUT2D eigenvalue weighted by Gasteiger charge is 2.50. The van der Waals surface area contributed by atoms with Gasteiger partial charge in [-0.2, -0.15) is 0 Å². The topological polar surface area (TPSA) is 93.1 Å². The number of allylic oxidation sites excluding steroid dienone is 1. The van der Waals surface area contributed by atoms with Gasteiger partial charge in [0.15, 0.2) is 0 Å². The normalized spacial score (nSPS) is 25.7. The molecule has 7 nitrogen and oxygen atoms in total. The minimum absolute atomic E-state index is 0.215. The summed E-state index contributed by atoms with van der Waals surface area (Å²) < 4.78 is 9.64. The van der Waals surface area contributed by atoms with Gasteiger partial charge < -0.3 is 19.5 Å². The summed E-state index contributed by atoms with van der Waals surface area (Å²) in [5.74, 6) is -3.31. The summed E-state index contributed by atoms with van der Waals surface area (Å²) in [6.45, 7) is 4.48. The van der Waals surface area contributed by atoms with Crippen molar-refractivity contribution in [2.24, 2.45) is 17.8 Å². The summed E-state index contributed by atoms with van der Waals surface area (Å²) in [7, 11) is 2.55. The van der Waals surface area contributed by atoms with E-state index in [2.05, 4.69) is 0 Å². The molecule has 2 bridgehead atoms. The third kappa shape index (κ3) is 3.16. The lowest BCUT2D eigenvalue weighted by Crippen LogP contribution is -2.54. The van der Waals surface area contributed by atoms with Crippen molar-refractivity contribution < 1.29 is 29.0 Å². The Morgan fingerprint density at radius 1 is 1.21 bits per heavy atom. The predicted molar refractivity (Wildman–Crippen MR) is 84.8 cm³/mol. The van der Waals surface area contributed by atoms with E-state index in [9.17, 15) is 19.5 Å². The molecule has 1 aliphatic heterocycles.